The Morgan fingerprint density at radius 3 is 2.21 bits per heavy atom. The summed E-state index contributed by atoms with van der Waals surface area (Å²) in [5.74, 6) is 0.823. The lowest BCUT2D eigenvalue weighted by Crippen LogP contribution is -1.99. The van der Waals surface area contributed by atoms with Crippen LogP contribution in [0.15, 0.2) is 18.2 Å². The van der Waals surface area contributed by atoms with Crippen molar-refractivity contribution in [3.05, 3.63) is 45.9 Å². The number of hydrogen-bond acceptors (Lipinski definition) is 2. The lowest BCUT2D eigenvalue weighted by Gasteiger charge is -2.12. The van der Waals surface area contributed by atoms with Crippen LogP contribution in [-0.2, 0) is 6.42 Å². The maximum atomic E-state index is 6.12. The van der Waals surface area contributed by atoms with E-state index in [1.807, 2.05) is 6.07 Å². The number of aryl methyl sites for hydroxylation is 4. The van der Waals surface area contributed by atoms with Crippen LogP contribution in [-0.4, -0.2) is 9.97 Å². The minimum absolute atomic E-state index is 0.521. The van der Waals surface area contributed by atoms with E-state index in [9.17, 15) is 0 Å². The Balaban J connectivity index is 2.58. The van der Waals surface area contributed by atoms with Crippen LogP contribution in [0.1, 0.15) is 35.9 Å². The van der Waals surface area contributed by atoms with Gasteiger partial charge in [-0.15, -0.1) is 0 Å². The molecular formula is C16H19ClN2. The standard InChI is InChI=1S/C16H19ClN2/c1-5-6-15-18-13(9-14(17)19-15)16-11(3)7-10(2)8-12(16)4/h7-9H,5-6H2,1-4H3. The van der Waals surface area contributed by atoms with Gasteiger partial charge in [0.2, 0.25) is 0 Å². The van der Waals surface area contributed by atoms with Crippen LogP contribution < -0.4 is 0 Å². The normalized spacial score (nSPS) is 10.8. The Labute approximate surface area is 119 Å². The highest BCUT2D eigenvalue weighted by Gasteiger charge is 2.11. The highest BCUT2D eigenvalue weighted by atomic mass is 35.5. The minimum Gasteiger partial charge on any atom is -0.233 e. The average molecular weight is 275 g/mol. The number of halogens is 1. The molecule has 1 aromatic carbocycles. The molecule has 100 valence electrons. The molecule has 2 nitrogen and oxygen atoms in total. The zero-order valence-electron chi connectivity index (χ0n) is 11.9. The number of benzene rings is 1. The topological polar surface area (TPSA) is 25.8 Å². The molecule has 0 unspecified atom stereocenters. The van der Waals surface area contributed by atoms with E-state index >= 15 is 0 Å². The first-order chi connectivity index (χ1) is 9.01. The first kappa shape index (κ1) is 14.0. The zero-order valence-corrected chi connectivity index (χ0v) is 12.7. The van der Waals surface area contributed by atoms with E-state index in [0.29, 0.717) is 5.15 Å². The monoisotopic (exact) mass is 274 g/mol. The van der Waals surface area contributed by atoms with Crippen LogP contribution >= 0.6 is 11.6 Å². The molecule has 0 bridgehead atoms. The summed E-state index contributed by atoms with van der Waals surface area (Å²) in [5.41, 5.74) is 5.84. The maximum Gasteiger partial charge on any atom is 0.133 e. The Bertz CT molecular complexity index is 583. The number of nitrogens with zero attached hydrogens (tertiary/aromatic N) is 2. The van der Waals surface area contributed by atoms with Crippen LogP contribution in [0.2, 0.25) is 5.15 Å². The molecule has 0 N–H and O–H groups in total. The highest BCUT2D eigenvalue weighted by molar-refractivity contribution is 6.29. The van der Waals surface area contributed by atoms with Crippen molar-refractivity contribution in [1.82, 2.24) is 9.97 Å². The molecule has 2 rings (SSSR count). The third kappa shape index (κ3) is 3.13. The van der Waals surface area contributed by atoms with Gasteiger partial charge in [0.1, 0.15) is 11.0 Å². The molecule has 0 saturated carbocycles. The molecular weight excluding hydrogens is 256 g/mol. The summed E-state index contributed by atoms with van der Waals surface area (Å²) in [6.45, 7) is 8.46. The van der Waals surface area contributed by atoms with Crippen LogP contribution in [0.3, 0.4) is 0 Å². The van der Waals surface area contributed by atoms with Gasteiger partial charge in [0.25, 0.3) is 0 Å². The summed E-state index contributed by atoms with van der Waals surface area (Å²) >= 11 is 6.12. The summed E-state index contributed by atoms with van der Waals surface area (Å²) in [4.78, 5) is 8.93. The molecule has 0 fully saturated rings. The third-order valence-electron chi connectivity index (χ3n) is 3.15. The van der Waals surface area contributed by atoms with Crippen molar-refractivity contribution in [2.45, 2.75) is 40.5 Å². The molecule has 0 radical (unpaired) electrons. The molecule has 0 aliphatic heterocycles. The van der Waals surface area contributed by atoms with Gasteiger partial charge in [-0.05, 0) is 38.3 Å². The smallest absolute Gasteiger partial charge is 0.133 e. The average Bonchev–Trinajstić information content (AvgIpc) is 2.26. The van der Waals surface area contributed by atoms with Crippen molar-refractivity contribution in [2.75, 3.05) is 0 Å². The van der Waals surface area contributed by atoms with Gasteiger partial charge in [0.05, 0.1) is 5.69 Å². The summed E-state index contributed by atoms with van der Waals surface area (Å²) in [5, 5.41) is 0.521. The van der Waals surface area contributed by atoms with E-state index in [4.69, 9.17) is 11.6 Å². The van der Waals surface area contributed by atoms with Crippen molar-refractivity contribution < 1.29 is 0 Å². The molecule has 0 amide bonds. The molecule has 0 aliphatic rings. The molecule has 3 heteroatoms. The molecule has 1 aromatic heterocycles. The van der Waals surface area contributed by atoms with Crippen LogP contribution in [0, 0.1) is 20.8 Å². The number of hydrogen-bond donors (Lipinski definition) is 0. The van der Waals surface area contributed by atoms with Gasteiger partial charge in [0, 0.05) is 18.1 Å². The quantitative estimate of drug-likeness (QED) is 0.760. The second-order valence-corrected chi connectivity index (χ2v) is 5.40. The van der Waals surface area contributed by atoms with Gasteiger partial charge in [-0.1, -0.05) is 36.2 Å². The first-order valence-electron chi connectivity index (χ1n) is 6.63. The second kappa shape index (κ2) is 5.70. The summed E-state index contributed by atoms with van der Waals surface area (Å²) in [6, 6.07) is 6.21. The zero-order chi connectivity index (χ0) is 14.0. The highest BCUT2D eigenvalue weighted by Crippen LogP contribution is 2.28. The van der Waals surface area contributed by atoms with E-state index in [-0.39, 0.29) is 0 Å². The van der Waals surface area contributed by atoms with Gasteiger partial charge in [-0.2, -0.15) is 0 Å². The van der Waals surface area contributed by atoms with Crippen LogP contribution in [0.4, 0.5) is 0 Å². The van der Waals surface area contributed by atoms with Crippen molar-refractivity contribution >= 4 is 11.6 Å². The van der Waals surface area contributed by atoms with Gasteiger partial charge in [-0.25, -0.2) is 9.97 Å². The summed E-state index contributed by atoms with van der Waals surface area (Å²) in [7, 11) is 0. The molecule has 0 atom stereocenters. The SMILES string of the molecule is CCCc1nc(Cl)cc(-c2c(C)cc(C)cc2C)n1. The van der Waals surface area contributed by atoms with Crippen LogP contribution in [0.5, 0.6) is 0 Å². The molecule has 0 saturated heterocycles. The Morgan fingerprint density at radius 2 is 1.63 bits per heavy atom. The van der Waals surface area contributed by atoms with Crippen molar-refractivity contribution in [3.8, 4) is 11.3 Å². The lowest BCUT2D eigenvalue weighted by atomic mass is 9.97. The van der Waals surface area contributed by atoms with E-state index in [2.05, 4.69) is 49.8 Å². The fraction of sp³-hybridized carbons (Fsp3) is 0.375. The summed E-state index contributed by atoms with van der Waals surface area (Å²) in [6.07, 6.45) is 1.88. The molecule has 0 aliphatic carbocycles. The first-order valence-corrected chi connectivity index (χ1v) is 7.00. The molecule has 19 heavy (non-hydrogen) atoms. The molecule has 0 spiro atoms. The molecule has 1 heterocycles. The van der Waals surface area contributed by atoms with E-state index in [0.717, 1.165) is 24.4 Å². The maximum absolute atomic E-state index is 6.12. The van der Waals surface area contributed by atoms with Crippen LogP contribution in [0.25, 0.3) is 11.3 Å². The van der Waals surface area contributed by atoms with Gasteiger partial charge >= 0.3 is 0 Å². The fourth-order valence-electron chi connectivity index (χ4n) is 2.51. The second-order valence-electron chi connectivity index (χ2n) is 5.02. The van der Waals surface area contributed by atoms with E-state index in [1.54, 1.807) is 0 Å². The van der Waals surface area contributed by atoms with Crippen molar-refractivity contribution in [3.63, 3.8) is 0 Å². The van der Waals surface area contributed by atoms with Crippen molar-refractivity contribution in [1.29, 1.82) is 0 Å². The summed E-state index contributed by atoms with van der Waals surface area (Å²) < 4.78 is 0. The Kier molecular flexibility index (Phi) is 4.20. The van der Waals surface area contributed by atoms with E-state index in [1.165, 1.54) is 22.3 Å². The van der Waals surface area contributed by atoms with E-state index < -0.39 is 0 Å². The predicted molar refractivity (Wildman–Crippen MR) is 80.7 cm³/mol. The van der Waals surface area contributed by atoms with Crippen molar-refractivity contribution in [2.24, 2.45) is 0 Å². The molecule has 2 aromatic rings. The largest absolute Gasteiger partial charge is 0.233 e. The predicted octanol–water partition coefficient (Wildman–Crippen LogP) is 4.67. The van der Waals surface area contributed by atoms with Gasteiger partial charge in [-0.3, -0.25) is 0 Å². The Hall–Kier alpha value is -1.41. The lowest BCUT2D eigenvalue weighted by molar-refractivity contribution is 0.836. The van der Waals surface area contributed by atoms with Gasteiger partial charge < -0.3 is 0 Å². The third-order valence-corrected chi connectivity index (χ3v) is 3.34. The minimum atomic E-state index is 0.521. The Morgan fingerprint density at radius 1 is 1.00 bits per heavy atom. The number of aromatic nitrogens is 2. The fourth-order valence-corrected chi connectivity index (χ4v) is 2.71. The van der Waals surface area contributed by atoms with Gasteiger partial charge in [0.15, 0.2) is 0 Å². The number of rotatable bonds is 3.